The van der Waals surface area contributed by atoms with Crippen molar-refractivity contribution in [2.45, 2.75) is 31.7 Å². The molecule has 1 aliphatic heterocycles. The van der Waals surface area contributed by atoms with Gasteiger partial charge in [0.15, 0.2) is 0 Å². The first kappa shape index (κ1) is 24.9. The van der Waals surface area contributed by atoms with Gasteiger partial charge in [-0.1, -0.05) is 41.9 Å². The van der Waals surface area contributed by atoms with Gasteiger partial charge in [-0.3, -0.25) is 4.90 Å². The van der Waals surface area contributed by atoms with Crippen LogP contribution in [0, 0.1) is 11.3 Å². The molecule has 3 aromatic carbocycles. The third-order valence-corrected chi connectivity index (χ3v) is 6.63. The molecule has 182 valence electrons. The summed E-state index contributed by atoms with van der Waals surface area (Å²) in [5.41, 5.74) is 1.73. The first-order valence-corrected chi connectivity index (χ1v) is 11.6. The van der Waals surface area contributed by atoms with E-state index in [0.29, 0.717) is 17.8 Å². The zero-order valence-electron chi connectivity index (χ0n) is 19.2. The Morgan fingerprint density at radius 3 is 2.51 bits per heavy atom. The minimum absolute atomic E-state index is 0.0152. The second-order valence-corrected chi connectivity index (χ2v) is 8.99. The van der Waals surface area contributed by atoms with E-state index in [1.54, 1.807) is 31.4 Å². The van der Waals surface area contributed by atoms with E-state index in [0.717, 1.165) is 36.9 Å². The van der Waals surface area contributed by atoms with Gasteiger partial charge in [-0.05, 0) is 53.9 Å². The molecule has 35 heavy (non-hydrogen) atoms. The molecule has 0 bridgehead atoms. The predicted molar refractivity (Wildman–Crippen MR) is 130 cm³/mol. The monoisotopic (exact) mass is 499 g/mol. The molecule has 0 radical (unpaired) electrons. The number of anilines is 1. The predicted octanol–water partition coefficient (Wildman–Crippen LogP) is 6.52. The maximum Gasteiger partial charge on any atom is 0.416 e. The van der Waals surface area contributed by atoms with Crippen LogP contribution in [0.25, 0.3) is 0 Å². The van der Waals surface area contributed by atoms with Crippen molar-refractivity contribution in [2.75, 3.05) is 25.1 Å². The van der Waals surface area contributed by atoms with Crippen LogP contribution in [0.2, 0.25) is 5.02 Å². The second kappa shape index (κ2) is 10.6. The lowest BCUT2D eigenvalue weighted by Crippen LogP contribution is -2.37. The van der Waals surface area contributed by atoms with E-state index in [1.807, 2.05) is 35.2 Å². The van der Waals surface area contributed by atoms with Crippen LogP contribution in [-0.2, 0) is 19.3 Å². The molecule has 4 nitrogen and oxygen atoms in total. The van der Waals surface area contributed by atoms with Crippen molar-refractivity contribution in [1.82, 2.24) is 4.90 Å². The maximum atomic E-state index is 13.7. The number of alkyl halides is 3. The van der Waals surface area contributed by atoms with E-state index in [4.69, 9.17) is 16.3 Å². The Hall–Kier alpha value is -3.21. The first-order valence-electron chi connectivity index (χ1n) is 11.2. The van der Waals surface area contributed by atoms with Gasteiger partial charge >= 0.3 is 6.18 Å². The van der Waals surface area contributed by atoms with E-state index in [2.05, 4.69) is 4.90 Å². The van der Waals surface area contributed by atoms with Crippen molar-refractivity contribution < 1.29 is 17.9 Å². The Bertz CT molecular complexity index is 1210. The Kier molecular flexibility index (Phi) is 7.54. The summed E-state index contributed by atoms with van der Waals surface area (Å²) in [5, 5.41) is 9.53. The molecule has 0 saturated carbocycles. The lowest BCUT2D eigenvalue weighted by Gasteiger charge is -2.32. The number of rotatable bonds is 7. The Morgan fingerprint density at radius 2 is 1.86 bits per heavy atom. The Labute approximate surface area is 208 Å². The van der Waals surface area contributed by atoms with Crippen LogP contribution in [0.5, 0.6) is 5.75 Å². The van der Waals surface area contributed by atoms with Crippen LogP contribution in [0.3, 0.4) is 0 Å². The fourth-order valence-corrected chi connectivity index (χ4v) is 4.74. The van der Waals surface area contributed by atoms with Crippen molar-refractivity contribution in [3.8, 4) is 11.8 Å². The number of halogens is 4. The van der Waals surface area contributed by atoms with Gasteiger partial charge in [-0.15, -0.1) is 0 Å². The molecule has 1 atom stereocenters. The van der Waals surface area contributed by atoms with E-state index in [9.17, 15) is 18.4 Å². The third kappa shape index (κ3) is 5.90. The third-order valence-electron chi connectivity index (χ3n) is 6.32. The normalized spacial score (nSPS) is 16.2. The Balaban J connectivity index is 1.60. The standard InChI is InChI=1S/C27H25ClF3N3O/c1-35-24-10-6-19(7-11-24)16-33-13-12-23(18-33)34(22-9-8-20(15-32)26(28)14-22)17-21-4-2-3-5-25(21)27(29,30)31/h2-11,14,23H,12-13,16-18H2,1H3/t23-/m0/s1. The molecule has 8 heteroatoms. The number of nitriles is 1. The molecule has 0 unspecified atom stereocenters. The largest absolute Gasteiger partial charge is 0.497 e. The quantitative estimate of drug-likeness (QED) is 0.371. The Morgan fingerprint density at radius 1 is 1.11 bits per heavy atom. The highest BCUT2D eigenvalue weighted by Crippen LogP contribution is 2.35. The van der Waals surface area contributed by atoms with Crippen LogP contribution < -0.4 is 9.64 Å². The molecule has 0 spiro atoms. The summed E-state index contributed by atoms with van der Waals surface area (Å²) in [7, 11) is 1.63. The van der Waals surface area contributed by atoms with E-state index < -0.39 is 11.7 Å². The van der Waals surface area contributed by atoms with Crippen molar-refractivity contribution in [3.05, 3.63) is 94.0 Å². The van der Waals surface area contributed by atoms with Gasteiger partial charge in [0, 0.05) is 37.9 Å². The van der Waals surface area contributed by atoms with Crippen molar-refractivity contribution in [2.24, 2.45) is 0 Å². The molecule has 4 rings (SSSR count). The minimum atomic E-state index is -4.44. The summed E-state index contributed by atoms with van der Waals surface area (Å²) < 4.78 is 46.3. The fraction of sp³-hybridized carbons (Fsp3) is 0.296. The second-order valence-electron chi connectivity index (χ2n) is 8.58. The summed E-state index contributed by atoms with van der Waals surface area (Å²) in [6.07, 6.45) is -3.65. The summed E-state index contributed by atoms with van der Waals surface area (Å²) in [6.45, 7) is 2.33. The highest BCUT2D eigenvalue weighted by Gasteiger charge is 2.35. The van der Waals surface area contributed by atoms with Crippen molar-refractivity contribution >= 4 is 17.3 Å². The van der Waals surface area contributed by atoms with Gasteiger partial charge in [0.25, 0.3) is 0 Å². The van der Waals surface area contributed by atoms with Crippen molar-refractivity contribution in [1.29, 1.82) is 5.26 Å². The van der Waals surface area contributed by atoms with Crippen LogP contribution >= 0.6 is 11.6 Å². The molecule has 0 N–H and O–H groups in total. The molecular weight excluding hydrogens is 475 g/mol. The van der Waals surface area contributed by atoms with Crippen LogP contribution in [0.15, 0.2) is 66.7 Å². The number of ether oxygens (including phenoxy) is 1. The number of benzene rings is 3. The van der Waals surface area contributed by atoms with Gasteiger partial charge in [-0.2, -0.15) is 18.4 Å². The molecule has 1 fully saturated rings. The lowest BCUT2D eigenvalue weighted by molar-refractivity contribution is -0.138. The van der Waals surface area contributed by atoms with Gasteiger partial charge in [0.1, 0.15) is 11.8 Å². The zero-order valence-corrected chi connectivity index (χ0v) is 20.0. The smallest absolute Gasteiger partial charge is 0.416 e. The number of likely N-dealkylation sites (tertiary alicyclic amines) is 1. The number of hydrogen-bond donors (Lipinski definition) is 0. The van der Waals surface area contributed by atoms with E-state index in [-0.39, 0.29) is 23.2 Å². The minimum Gasteiger partial charge on any atom is -0.497 e. The molecule has 0 aromatic heterocycles. The summed E-state index contributed by atoms with van der Waals surface area (Å²) in [6, 6.07) is 20.6. The number of hydrogen-bond acceptors (Lipinski definition) is 4. The molecule has 3 aromatic rings. The summed E-state index contributed by atoms with van der Waals surface area (Å²) in [4.78, 5) is 4.27. The van der Waals surface area contributed by atoms with E-state index >= 15 is 0 Å². The molecular formula is C27H25ClF3N3O. The molecule has 0 aliphatic carbocycles. The SMILES string of the molecule is COc1ccc(CN2CC[C@H](N(Cc3ccccc3C(F)(F)F)c3ccc(C#N)c(Cl)c3)C2)cc1. The summed E-state index contributed by atoms with van der Waals surface area (Å²) >= 11 is 6.30. The highest BCUT2D eigenvalue weighted by atomic mass is 35.5. The van der Waals surface area contributed by atoms with Gasteiger partial charge in [0.05, 0.1) is 23.3 Å². The summed E-state index contributed by atoms with van der Waals surface area (Å²) in [5.74, 6) is 0.792. The molecule has 1 saturated heterocycles. The van der Waals surface area contributed by atoms with Gasteiger partial charge in [-0.25, -0.2) is 0 Å². The van der Waals surface area contributed by atoms with Gasteiger partial charge < -0.3 is 9.64 Å². The van der Waals surface area contributed by atoms with Crippen LogP contribution in [0.1, 0.15) is 28.7 Å². The zero-order chi connectivity index (χ0) is 25.0. The average Bonchev–Trinajstić information content (AvgIpc) is 3.30. The molecule has 1 heterocycles. The fourth-order valence-electron chi connectivity index (χ4n) is 4.52. The van der Waals surface area contributed by atoms with Gasteiger partial charge in [0.2, 0.25) is 0 Å². The molecule has 0 amide bonds. The average molecular weight is 500 g/mol. The lowest BCUT2D eigenvalue weighted by atomic mass is 10.0. The van der Waals surface area contributed by atoms with E-state index in [1.165, 1.54) is 12.1 Å². The number of methoxy groups -OCH3 is 1. The van der Waals surface area contributed by atoms with Crippen LogP contribution in [0.4, 0.5) is 18.9 Å². The first-order chi connectivity index (χ1) is 16.8. The maximum absolute atomic E-state index is 13.7. The number of nitrogens with zero attached hydrogens (tertiary/aromatic N) is 3. The highest BCUT2D eigenvalue weighted by molar-refractivity contribution is 6.32. The molecule has 1 aliphatic rings. The topological polar surface area (TPSA) is 39.5 Å². The van der Waals surface area contributed by atoms with Crippen LogP contribution in [-0.4, -0.2) is 31.1 Å². The van der Waals surface area contributed by atoms with Crippen molar-refractivity contribution in [3.63, 3.8) is 0 Å².